The van der Waals surface area contributed by atoms with Gasteiger partial charge in [-0.2, -0.15) is 0 Å². The first-order valence-corrected chi connectivity index (χ1v) is 5.69. The lowest BCUT2D eigenvalue weighted by atomic mass is 9.96. The first-order chi connectivity index (χ1) is 6.77. The van der Waals surface area contributed by atoms with Crippen LogP contribution in [-0.4, -0.2) is 4.98 Å². The third-order valence-corrected chi connectivity index (χ3v) is 2.99. The largest absolute Gasteiger partial charge is 0.264 e. The van der Waals surface area contributed by atoms with E-state index in [-0.39, 0.29) is 0 Å². The predicted molar refractivity (Wildman–Crippen MR) is 61.4 cm³/mol. The minimum atomic E-state index is 0.841. The highest BCUT2D eigenvalue weighted by atomic mass is 14.6. The summed E-state index contributed by atoms with van der Waals surface area (Å²) >= 11 is 0. The number of aryl methyl sites for hydroxylation is 2. The lowest BCUT2D eigenvalue weighted by Crippen LogP contribution is -1.99. The molecule has 0 radical (unpaired) electrons. The summed E-state index contributed by atoms with van der Waals surface area (Å²) in [5, 5.41) is 0. The van der Waals surface area contributed by atoms with Gasteiger partial charge in [-0.05, 0) is 42.4 Å². The fraction of sp³-hybridized carbons (Fsp3) is 0.615. The van der Waals surface area contributed by atoms with E-state index in [4.69, 9.17) is 0 Å². The average Bonchev–Trinajstić information content (AvgIpc) is 2.26. The Balaban J connectivity index is 2.57. The molecule has 0 bridgehead atoms. The maximum atomic E-state index is 4.16. The van der Waals surface area contributed by atoms with Crippen LogP contribution in [0.2, 0.25) is 0 Å². The van der Waals surface area contributed by atoms with Gasteiger partial charge in [-0.25, -0.2) is 0 Å². The zero-order valence-electron chi connectivity index (χ0n) is 9.59. The van der Waals surface area contributed by atoms with Crippen LogP contribution in [0.25, 0.3) is 0 Å². The monoisotopic (exact) mass is 191 g/mol. The third kappa shape index (κ3) is 3.13. The molecular weight excluding hydrogens is 170 g/mol. The number of hydrogen-bond donors (Lipinski definition) is 0. The molecule has 0 amide bonds. The molecule has 78 valence electrons. The molecule has 1 heterocycles. The molecule has 0 aromatic carbocycles. The van der Waals surface area contributed by atoms with E-state index < -0.39 is 0 Å². The Kier molecular flexibility index (Phi) is 4.64. The van der Waals surface area contributed by atoms with Crippen LogP contribution in [0.1, 0.15) is 44.7 Å². The number of hydrogen-bond acceptors (Lipinski definition) is 1. The molecule has 0 N–H and O–H groups in total. The summed E-state index contributed by atoms with van der Waals surface area (Å²) in [5.74, 6) is 0.841. The van der Waals surface area contributed by atoms with E-state index in [1.165, 1.54) is 30.4 Å². The molecule has 0 spiro atoms. The van der Waals surface area contributed by atoms with Crippen LogP contribution in [0.3, 0.4) is 0 Å². The number of nitrogens with zero attached hydrogens (tertiary/aromatic N) is 1. The van der Waals surface area contributed by atoms with Crippen molar-refractivity contribution in [2.75, 3.05) is 0 Å². The Morgan fingerprint density at radius 2 is 2.07 bits per heavy atom. The van der Waals surface area contributed by atoms with Crippen molar-refractivity contribution in [1.82, 2.24) is 4.98 Å². The second kappa shape index (κ2) is 5.79. The fourth-order valence-corrected chi connectivity index (χ4v) is 1.62. The fourth-order valence-electron chi connectivity index (χ4n) is 1.62. The van der Waals surface area contributed by atoms with Gasteiger partial charge in [0.05, 0.1) is 0 Å². The highest BCUT2D eigenvalue weighted by Gasteiger charge is 2.03. The van der Waals surface area contributed by atoms with Gasteiger partial charge in [0.25, 0.3) is 0 Å². The van der Waals surface area contributed by atoms with Crippen LogP contribution in [-0.2, 0) is 12.8 Å². The molecule has 0 aliphatic heterocycles. The number of rotatable bonds is 5. The van der Waals surface area contributed by atoms with Gasteiger partial charge in [-0.15, -0.1) is 0 Å². The summed E-state index contributed by atoms with van der Waals surface area (Å²) in [4.78, 5) is 4.16. The number of pyridine rings is 1. The molecule has 0 fully saturated rings. The Bertz CT molecular complexity index is 268. The van der Waals surface area contributed by atoms with Crippen LogP contribution in [0, 0.1) is 5.92 Å². The Hall–Kier alpha value is -0.850. The third-order valence-electron chi connectivity index (χ3n) is 2.99. The van der Waals surface area contributed by atoms with Crippen LogP contribution < -0.4 is 0 Å². The van der Waals surface area contributed by atoms with E-state index in [1.54, 1.807) is 0 Å². The van der Waals surface area contributed by atoms with E-state index in [0.29, 0.717) is 0 Å². The van der Waals surface area contributed by atoms with Crippen LogP contribution in [0.15, 0.2) is 18.5 Å². The molecule has 0 saturated heterocycles. The first-order valence-electron chi connectivity index (χ1n) is 5.69. The molecule has 1 nitrogen and oxygen atoms in total. The molecule has 1 aromatic rings. The van der Waals surface area contributed by atoms with E-state index >= 15 is 0 Å². The zero-order chi connectivity index (χ0) is 10.4. The topological polar surface area (TPSA) is 12.9 Å². The zero-order valence-corrected chi connectivity index (χ0v) is 9.59. The van der Waals surface area contributed by atoms with Crippen molar-refractivity contribution in [2.24, 2.45) is 5.92 Å². The summed E-state index contributed by atoms with van der Waals surface area (Å²) in [6.45, 7) is 6.79. The molecule has 1 heteroatoms. The summed E-state index contributed by atoms with van der Waals surface area (Å²) < 4.78 is 0. The average molecular weight is 191 g/mol. The second-order valence-electron chi connectivity index (χ2n) is 4.05. The minimum absolute atomic E-state index is 0.841. The van der Waals surface area contributed by atoms with Gasteiger partial charge in [-0.1, -0.05) is 27.2 Å². The van der Waals surface area contributed by atoms with Gasteiger partial charge >= 0.3 is 0 Å². The summed E-state index contributed by atoms with van der Waals surface area (Å²) in [5.41, 5.74) is 2.90. The summed E-state index contributed by atoms with van der Waals surface area (Å²) in [6, 6.07) is 2.17. The van der Waals surface area contributed by atoms with E-state index in [2.05, 4.69) is 31.8 Å². The van der Waals surface area contributed by atoms with Crippen molar-refractivity contribution in [3.63, 3.8) is 0 Å². The Morgan fingerprint density at radius 1 is 1.29 bits per heavy atom. The van der Waals surface area contributed by atoms with Crippen molar-refractivity contribution in [2.45, 2.75) is 46.5 Å². The Labute approximate surface area is 87.6 Å². The lowest BCUT2D eigenvalue weighted by Gasteiger charge is -2.10. The molecule has 14 heavy (non-hydrogen) atoms. The maximum absolute atomic E-state index is 4.16. The summed E-state index contributed by atoms with van der Waals surface area (Å²) in [7, 11) is 0. The normalized spacial score (nSPS) is 12.8. The molecular formula is C13H21N. The van der Waals surface area contributed by atoms with Gasteiger partial charge in [0, 0.05) is 12.4 Å². The van der Waals surface area contributed by atoms with Crippen molar-refractivity contribution in [3.05, 3.63) is 29.6 Å². The molecule has 0 saturated carbocycles. The quantitative estimate of drug-likeness (QED) is 0.692. The van der Waals surface area contributed by atoms with Crippen LogP contribution in [0.4, 0.5) is 0 Å². The van der Waals surface area contributed by atoms with Crippen LogP contribution >= 0.6 is 0 Å². The second-order valence-corrected chi connectivity index (χ2v) is 4.05. The van der Waals surface area contributed by atoms with E-state index in [0.717, 1.165) is 12.3 Å². The highest BCUT2D eigenvalue weighted by Crippen LogP contribution is 2.15. The lowest BCUT2D eigenvalue weighted by molar-refractivity contribution is 0.515. The molecule has 0 aliphatic carbocycles. The molecule has 1 aromatic heterocycles. The molecule has 0 aliphatic rings. The van der Waals surface area contributed by atoms with Gasteiger partial charge in [-0.3, -0.25) is 4.98 Å². The van der Waals surface area contributed by atoms with Crippen molar-refractivity contribution >= 4 is 0 Å². The molecule has 1 rings (SSSR count). The maximum Gasteiger partial charge on any atom is 0.0302 e. The van der Waals surface area contributed by atoms with Crippen molar-refractivity contribution in [3.8, 4) is 0 Å². The van der Waals surface area contributed by atoms with Gasteiger partial charge in [0.15, 0.2) is 0 Å². The minimum Gasteiger partial charge on any atom is -0.264 e. The standard InChI is InChI=1S/C13H21N/c1-4-11(3)6-7-13-8-9-14-10-12(13)5-2/h8-11H,4-7H2,1-3H3. The number of aromatic nitrogens is 1. The first kappa shape index (κ1) is 11.2. The predicted octanol–water partition coefficient (Wildman–Crippen LogP) is 3.62. The highest BCUT2D eigenvalue weighted by molar-refractivity contribution is 5.23. The van der Waals surface area contributed by atoms with Crippen molar-refractivity contribution < 1.29 is 0 Å². The molecule has 1 atom stereocenters. The van der Waals surface area contributed by atoms with E-state index in [9.17, 15) is 0 Å². The van der Waals surface area contributed by atoms with Gasteiger partial charge in [0.2, 0.25) is 0 Å². The smallest absolute Gasteiger partial charge is 0.0302 e. The van der Waals surface area contributed by atoms with E-state index in [1.807, 2.05) is 12.4 Å². The van der Waals surface area contributed by atoms with Crippen molar-refractivity contribution in [1.29, 1.82) is 0 Å². The SMILES string of the molecule is CCc1cnccc1CCC(C)CC. The van der Waals surface area contributed by atoms with Gasteiger partial charge < -0.3 is 0 Å². The van der Waals surface area contributed by atoms with Crippen LogP contribution in [0.5, 0.6) is 0 Å². The summed E-state index contributed by atoms with van der Waals surface area (Å²) in [6.07, 6.45) is 8.81. The Morgan fingerprint density at radius 3 is 2.71 bits per heavy atom. The molecule has 1 unspecified atom stereocenters. The van der Waals surface area contributed by atoms with Gasteiger partial charge in [0.1, 0.15) is 0 Å².